The van der Waals surface area contributed by atoms with E-state index >= 15 is 0 Å². The van der Waals surface area contributed by atoms with Gasteiger partial charge in [0.1, 0.15) is 5.75 Å². The number of hydrogen-bond donors (Lipinski definition) is 2. The highest BCUT2D eigenvalue weighted by atomic mass is 32.2. The topological polar surface area (TPSA) is 106 Å². The number of benzene rings is 4. The van der Waals surface area contributed by atoms with Gasteiger partial charge in [-0.05, 0) is 71.5 Å². The fourth-order valence-corrected chi connectivity index (χ4v) is 7.03. The Kier molecular flexibility index (Phi) is 10.5. The van der Waals surface area contributed by atoms with Crippen LogP contribution in [0.2, 0.25) is 0 Å². The predicted octanol–water partition coefficient (Wildman–Crippen LogP) is 6.88. The molecule has 0 atom stereocenters. The van der Waals surface area contributed by atoms with Gasteiger partial charge in [-0.1, -0.05) is 81.3 Å². The zero-order valence-corrected chi connectivity index (χ0v) is 28.1. The van der Waals surface area contributed by atoms with E-state index < -0.39 is 15.9 Å². The Morgan fingerprint density at radius 3 is 2.21 bits per heavy atom. The van der Waals surface area contributed by atoms with Crippen LogP contribution in [0.4, 0.5) is 0 Å². The number of aryl methyl sites for hydroxylation is 1. The number of ether oxygens (including phenoxy) is 1. The molecule has 2 N–H and O–H groups in total. The molecule has 0 aliphatic carbocycles. The summed E-state index contributed by atoms with van der Waals surface area (Å²) in [6.45, 7) is 7.24. The Balaban J connectivity index is 1.45. The van der Waals surface area contributed by atoms with Crippen molar-refractivity contribution in [3.8, 4) is 5.75 Å². The lowest BCUT2D eigenvalue weighted by Crippen LogP contribution is -2.31. The summed E-state index contributed by atoms with van der Waals surface area (Å²) in [4.78, 5) is 26.3. The highest BCUT2D eigenvalue weighted by Gasteiger charge is 2.22. The lowest BCUT2D eigenvalue weighted by Gasteiger charge is -2.13. The smallest absolute Gasteiger partial charge is 0.265 e. The number of fused-ring (bicyclic) bond motifs is 1. The summed E-state index contributed by atoms with van der Waals surface area (Å²) in [6.07, 6.45) is 4.57. The number of hydrogen-bond acceptors (Lipinski definition) is 5. The summed E-state index contributed by atoms with van der Waals surface area (Å²) < 4.78 is 35.9. The van der Waals surface area contributed by atoms with Gasteiger partial charge in [-0.3, -0.25) is 9.59 Å². The maximum Gasteiger partial charge on any atom is 0.265 e. The quantitative estimate of drug-likeness (QED) is 0.144. The average molecular weight is 652 g/mol. The molecule has 0 bridgehead atoms. The molecule has 47 heavy (non-hydrogen) atoms. The summed E-state index contributed by atoms with van der Waals surface area (Å²) >= 11 is 0. The Hall–Kier alpha value is -4.89. The normalized spacial score (nSPS) is 11.5. The Bertz CT molecular complexity index is 2000. The van der Waals surface area contributed by atoms with Crippen molar-refractivity contribution in [2.24, 2.45) is 5.92 Å². The number of aromatic nitrogens is 1. The molecule has 0 radical (unpaired) electrons. The summed E-state index contributed by atoms with van der Waals surface area (Å²) in [5.41, 5.74) is 5.24. The molecule has 1 heterocycles. The van der Waals surface area contributed by atoms with Crippen molar-refractivity contribution in [3.63, 3.8) is 0 Å². The van der Waals surface area contributed by atoms with Crippen molar-refractivity contribution >= 4 is 32.7 Å². The Labute approximate surface area is 276 Å². The number of amides is 2. The van der Waals surface area contributed by atoms with E-state index in [1.54, 1.807) is 43.3 Å². The molecule has 0 saturated heterocycles. The monoisotopic (exact) mass is 651 g/mol. The second kappa shape index (κ2) is 14.7. The largest absolute Gasteiger partial charge is 0.496 e. The van der Waals surface area contributed by atoms with Crippen LogP contribution < -0.4 is 14.8 Å². The average Bonchev–Trinajstić information content (AvgIpc) is 3.41. The maximum atomic E-state index is 13.2. The minimum absolute atomic E-state index is 0.0485. The van der Waals surface area contributed by atoms with Crippen LogP contribution in [0.25, 0.3) is 10.9 Å². The van der Waals surface area contributed by atoms with Gasteiger partial charge >= 0.3 is 0 Å². The molecule has 9 heteroatoms. The van der Waals surface area contributed by atoms with Gasteiger partial charge in [0.2, 0.25) is 0 Å². The first kappa shape index (κ1) is 33.5. The third kappa shape index (κ3) is 7.74. The highest BCUT2D eigenvalue weighted by molar-refractivity contribution is 7.90. The first-order valence-electron chi connectivity index (χ1n) is 15.9. The van der Waals surface area contributed by atoms with Crippen molar-refractivity contribution < 1.29 is 22.7 Å². The lowest BCUT2D eigenvalue weighted by molar-refractivity contribution is 0.0944. The summed E-state index contributed by atoms with van der Waals surface area (Å²) in [7, 11) is -2.54. The first-order chi connectivity index (χ1) is 22.6. The van der Waals surface area contributed by atoms with Gasteiger partial charge in [0.25, 0.3) is 21.8 Å². The lowest BCUT2D eigenvalue weighted by atomic mass is 10.00. The Morgan fingerprint density at radius 1 is 0.830 bits per heavy atom. The second-order valence-corrected chi connectivity index (χ2v) is 13.4. The number of carbonyl (C=O) groups excluding carboxylic acids is 2. The molecule has 0 unspecified atom stereocenters. The molecule has 8 nitrogen and oxygen atoms in total. The molecule has 4 aromatic carbocycles. The van der Waals surface area contributed by atoms with Crippen molar-refractivity contribution in [2.45, 2.75) is 51.5 Å². The van der Waals surface area contributed by atoms with Crippen LogP contribution in [-0.2, 0) is 23.0 Å². The fourth-order valence-electron chi connectivity index (χ4n) is 5.81. The second-order valence-electron chi connectivity index (χ2n) is 11.8. The SMILES string of the molecule is CCC(CC)CNC(=O)c1ccc2c(c1)c(Cc1ccc(C(=O)NS(=O)(=O)c3ccccc3C)cc1OC)cn2Cc1ccccc1. The molecule has 2 amide bonds. The molecule has 5 rings (SSSR count). The van der Waals surface area contributed by atoms with Gasteiger partial charge in [0, 0.05) is 47.7 Å². The molecule has 0 spiro atoms. The minimum Gasteiger partial charge on any atom is -0.496 e. The van der Waals surface area contributed by atoms with Gasteiger partial charge in [-0.2, -0.15) is 0 Å². The standard InChI is InChI=1S/C38H41N3O5S/c1-5-27(6-2)23-39-37(42)30-18-19-34-33(21-30)32(25-41(34)24-28-13-8-7-9-14-28)20-29-16-17-31(22-35(29)46-4)38(43)40-47(44,45)36-15-11-10-12-26(36)3/h7-19,21-22,25,27H,5-6,20,23-24H2,1-4H3,(H,39,42)(H,40,43). The van der Waals surface area contributed by atoms with Crippen molar-refractivity contribution in [3.05, 3.63) is 131 Å². The van der Waals surface area contributed by atoms with E-state index in [1.165, 1.54) is 13.2 Å². The third-order valence-corrected chi connectivity index (χ3v) is 10.2. The molecule has 5 aromatic rings. The van der Waals surface area contributed by atoms with E-state index in [4.69, 9.17) is 4.74 Å². The van der Waals surface area contributed by atoms with E-state index in [0.717, 1.165) is 40.4 Å². The van der Waals surface area contributed by atoms with Crippen LogP contribution >= 0.6 is 0 Å². The molecular weight excluding hydrogens is 611 g/mol. The zero-order valence-electron chi connectivity index (χ0n) is 27.2. The molecule has 1 aromatic heterocycles. The van der Waals surface area contributed by atoms with Crippen LogP contribution in [0.5, 0.6) is 5.75 Å². The molecule has 0 aliphatic heterocycles. The van der Waals surface area contributed by atoms with E-state index in [-0.39, 0.29) is 16.4 Å². The number of rotatable bonds is 13. The number of sulfonamides is 1. The molecule has 0 saturated carbocycles. The van der Waals surface area contributed by atoms with Gasteiger partial charge in [-0.15, -0.1) is 0 Å². The fraction of sp³-hybridized carbons (Fsp3) is 0.263. The predicted molar refractivity (Wildman–Crippen MR) is 186 cm³/mol. The third-order valence-electron chi connectivity index (χ3n) is 8.67. The summed E-state index contributed by atoms with van der Waals surface area (Å²) in [6, 6.07) is 27.4. The van der Waals surface area contributed by atoms with Gasteiger partial charge in [0.15, 0.2) is 0 Å². The van der Waals surface area contributed by atoms with Gasteiger partial charge in [-0.25, -0.2) is 13.1 Å². The van der Waals surface area contributed by atoms with Crippen molar-refractivity contribution in [1.29, 1.82) is 0 Å². The number of nitrogens with zero attached hydrogens (tertiary/aromatic N) is 1. The zero-order chi connectivity index (χ0) is 33.6. The van der Waals surface area contributed by atoms with Crippen LogP contribution in [0.1, 0.15) is 69.7 Å². The van der Waals surface area contributed by atoms with Crippen molar-refractivity contribution in [2.75, 3.05) is 13.7 Å². The van der Waals surface area contributed by atoms with Crippen molar-refractivity contribution in [1.82, 2.24) is 14.6 Å². The van der Waals surface area contributed by atoms with Gasteiger partial charge < -0.3 is 14.6 Å². The summed E-state index contributed by atoms with van der Waals surface area (Å²) in [5.74, 6) is 0.0370. The maximum absolute atomic E-state index is 13.2. The number of carbonyl (C=O) groups is 2. The highest BCUT2D eigenvalue weighted by Crippen LogP contribution is 2.30. The minimum atomic E-state index is -4.06. The molecular formula is C38H41N3O5S. The Morgan fingerprint density at radius 2 is 1.51 bits per heavy atom. The van der Waals surface area contributed by atoms with E-state index in [9.17, 15) is 18.0 Å². The molecule has 0 aliphatic rings. The number of methoxy groups -OCH3 is 1. The summed E-state index contributed by atoms with van der Waals surface area (Å²) in [5, 5.41) is 4.05. The van der Waals surface area contributed by atoms with Crippen LogP contribution in [0, 0.1) is 12.8 Å². The van der Waals surface area contributed by atoms with E-state index in [0.29, 0.717) is 42.3 Å². The van der Waals surface area contributed by atoms with E-state index in [1.807, 2.05) is 36.4 Å². The van der Waals surface area contributed by atoms with Crippen LogP contribution in [0.3, 0.4) is 0 Å². The molecule has 0 fully saturated rings. The van der Waals surface area contributed by atoms with Crippen LogP contribution in [-0.4, -0.2) is 38.5 Å². The number of nitrogens with one attached hydrogen (secondary N) is 2. The van der Waals surface area contributed by atoms with Crippen LogP contribution in [0.15, 0.2) is 102 Å². The van der Waals surface area contributed by atoms with Gasteiger partial charge in [0.05, 0.1) is 12.0 Å². The van der Waals surface area contributed by atoms with E-state index in [2.05, 4.69) is 46.8 Å². The molecule has 244 valence electrons. The first-order valence-corrected chi connectivity index (χ1v) is 17.3.